The van der Waals surface area contributed by atoms with Gasteiger partial charge in [-0.1, -0.05) is 24.3 Å². The van der Waals surface area contributed by atoms with Gasteiger partial charge in [0.15, 0.2) is 0 Å². The van der Waals surface area contributed by atoms with Gasteiger partial charge in [-0.15, -0.1) is 11.3 Å². The normalized spacial score (nSPS) is 10.5. The zero-order chi connectivity index (χ0) is 21.6. The van der Waals surface area contributed by atoms with E-state index in [-0.39, 0.29) is 5.97 Å². The van der Waals surface area contributed by atoms with Crippen LogP contribution in [0.2, 0.25) is 0 Å². The fourth-order valence-electron chi connectivity index (χ4n) is 3.25. The lowest BCUT2D eigenvalue weighted by Crippen LogP contribution is -2.04. The molecule has 2 aromatic heterocycles. The maximum absolute atomic E-state index is 11.9. The number of nitriles is 1. The van der Waals surface area contributed by atoms with Gasteiger partial charge in [-0.25, -0.2) is 4.79 Å². The van der Waals surface area contributed by atoms with Gasteiger partial charge in [-0.3, -0.25) is 0 Å². The van der Waals surface area contributed by atoms with E-state index in [4.69, 9.17) is 9.47 Å². The van der Waals surface area contributed by atoms with Gasteiger partial charge in [-0.05, 0) is 48.7 Å². The van der Waals surface area contributed by atoms with Crippen molar-refractivity contribution in [2.75, 3.05) is 6.61 Å². The third-order valence-electron chi connectivity index (χ3n) is 4.75. The average molecular weight is 429 g/mol. The van der Waals surface area contributed by atoms with Crippen LogP contribution in [0.3, 0.4) is 0 Å². The molecule has 0 atom stereocenters. The number of ether oxygens (including phenoxy) is 2. The van der Waals surface area contributed by atoms with E-state index in [0.29, 0.717) is 24.3 Å². The lowest BCUT2D eigenvalue weighted by molar-refractivity contribution is 0.0526. The molecule has 0 spiro atoms. The quantitative estimate of drug-likeness (QED) is 0.347. The van der Waals surface area contributed by atoms with Gasteiger partial charge < -0.3 is 14.0 Å². The highest BCUT2D eigenvalue weighted by molar-refractivity contribution is 7.09. The van der Waals surface area contributed by atoms with Crippen molar-refractivity contribution in [2.45, 2.75) is 13.5 Å². The second kappa shape index (κ2) is 9.33. The molecule has 4 aromatic rings. The highest BCUT2D eigenvalue weighted by Crippen LogP contribution is 2.34. The van der Waals surface area contributed by atoms with E-state index in [0.717, 1.165) is 27.4 Å². The number of hydrogen-bond acceptors (Lipinski definition) is 5. The summed E-state index contributed by atoms with van der Waals surface area (Å²) in [5.74, 6) is 0.375. The Morgan fingerprint density at radius 1 is 1.03 bits per heavy atom. The van der Waals surface area contributed by atoms with Crippen LogP contribution in [0, 0.1) is 11.3 Å². The lowest BCUT2D eigenvalue weighted by Gasteiger charge is -2.10. The first-order chi connectivity index (χ1) is 15.2. The van der Waals surface area contributed by atoms with Crippen LogP contribution in [-0.2, 0) is 11.3 Å². The Labute approximate surface area is 184 Å². The molecule has 0 aliphatic rings. The summed E-state index contributed by atoms with van der Waals surface area (Å²) in [6, 6.07) is 21.1. The third kappa shape index (κ3) is 4.52. The van der Waals surface area contributed by atoms with Crippen LogP contribution < -0.4 is 4.74 Å². The average Bonchev–Trinajstić information content (AvgIpc) is 3.48. The number of hydrogen-bond donors (Lipinski definition) is 0. The van der Waals surface area contributed by atoms with Crippen LogP contribution in [0.25, 0.3) is 16.8 Å². The molecular formula is C25H20N2O3S. The number of aromatic nitrogens is 1. The van der Waals surface area contributed by atoms with Gasteiger partial charge >= 0.3 is 5.97 Å². The van der Waals surface area contributed by atoms with Gasteiger partial charge in [0.2, 0.25) is 0 Å². The predicted molar refractivity (Wildman–Crippen MR) is 121 cm³/mol. The topological polar surface area (TPSA) is 64.2 Å². The van der Waals surface area contributed by atoms with Crippen molar-refractivity contribution < 1.29 is 14.3 Å². The molecule has 0 N–H and O–H groups in total. The summed E-state index contributed by atoms with van der Waals surface area (Å²) in [6.07, 6.45) is 3.69. The molecule has 154 valence electrons. The molecule has 6 heteroatoms. The van der Waals surface area contributed by atoms with Crippen LogP contribution >= 0.6 is 11.3 Å². The SMILES string of the molecule is CCOC(=O)c1ccc(-n2cc(C#N)c(-c3ccccc3OCc3cccs3)c2)cc1. The van der Waals surface area contributed by atoms with Crippen LogP contribution in [-0.4, -0.2) is 17.1 Å². The maximum Gasteiger partial charge on any atom is 0.338 e. The predicted octanol–water partition coefficient (Wildman–Crippen LogP) is 5.83. The van der Waals surface area contributed by atoms with Crippen LogP contribution in [0.1, 0.15) is 27.7 Å². The van der Waals surface area contributed by atoms with E-state index in [9.17, 15) is 10.1 Å². The molecule has 0 bridgehead atoms. The Kier molecular flexibility index (Phi) is 6.16. The molecule has 0 aliphatic heterocycles. The number of thiophene rings is 1. The summed E-state index contributed by atoms with van der Waals surface area (Å²) in [5, 5.41) is 11.7. The van der Waals surface area contributed by atoms with Crippen LogP contribution in [0.5, 0.6) is 5.75 Å². The number of para-hydroxylation sites is 1. The standard InChI is InChI=1S/C25H20N2O3S/c1-2-29-25(28)18-9-11-20(12-10-18)27-15-19(14-26)23(16-27)22-7-3-4-8-24(22)30-17-21-6-5-13-31-21/h3-13,15-16H,2,17H2,1H3. The number of esters is 1. The Balaban J connectivity index is 1.64. The van der Waals surface area contributed by atoms with Crippen molar-refractivity contribution in [2.24, 2.45) is 0 Å². The van der Waals surface area contributed by atoms with Crippen LogP contribution in [0.4, 0.5) is 0 Å². The zero-order valence-corrected chi connectivity index (χ0v) is 17.8. The summed E-state index contributed by atoms with van der Waals surface area (Å²) in [5.41, 5.74) is 3.52. The van der Waals surface area contributed by atoms with E-state index in [1.165, 1.54) is 0 Å². The van der Waals surface area contributed by atoms with Crippen molar-refractivity contribution in [1.82, 2.24) is 4.57 Å². The summed E-state index contributed by atoms with van der Waals surface area (Å²) in [4.78, 5) is 13.0. The smallest absolute Gasteiger partial charge is 0.338 e. The molecule has 0 radical (unpaired) electrons. The molecule has 2 aromatic carbocycles. The van der Waals surface area contributed by atoms with Crippen molar-refractivity contribution in [3.8, 4) is 28.6 Å². The van der Waals surface area contributed by atoms with Gasteiger partial charge in [0, 0.05) is 34.1 Å². The molecule has 0 amide bonds. The molecule has 5 nitrogen and oxygen atoms in total. The van der Waals surface area contributed by atoms with Gasteiger partial charge in [-0.2, -0.15) is 5.26 Å². The molecule has 0 saturated carbocycles. The van der Waals surface area contributed by atoms with E-state index >= 15 is 0 Å². The number of carbonyl (C=O) groups excluding carboxylic acids is 1. The minimum atomic E-state index is -0.350. The first kappa shape index (κ1) is 20.5. The Morgan fingerprint density at radius 2 is 1.84 bits per heavy atom. The largest absolute Gasteiger partial charge is 0.487 e. The molecule has 4 rings (SSSR count). The van der Waals surface area contributed by atoms with Gasteiger partial charge in [0.25, 0.3) is 0 Å². The van der Waals surface area contributed by atoms with Crippen molar-refractivity contribution in [3.63, 3.8) is 0 Å². The molecule has 0 saturated heterocycles. The summed E-state index contributed by atoms with van der Waals surface area (Å²) < 4.78 is 13.0. The Bertz CT molecular complexity index is 1220. The minimum absolute atomic E-state index is 0.334. The molecule has 0 unspecified atom stereocenters. The summed E-state index contributed by atoms with van der Waals surface area (Å²) in [7, 11) is 0. The number of carbonyl (C=O) groups is 1. The fraction of sp³-hybridized carbons (Fsp3) is 0.120. The van der Waals surface area contributed by atoms with Crippen molar-refractivity contribution in [1.29, 1.82) is 5.26 Å². The van der Waals surface area contributed by atoms with E-state index in [1.807, 2.05) is 64.7 Å². The van der Waals surface area contributed by atoms with E-state index in [1.54, 1.807) is 36.6 Å². The summed E-state index contributed by atoms with van der Waals surface area (Å²) >= 11 is 1.64. The highest BCUT2D eigenvalue weighted by atomic mass is 32.1. The first-order valence-corrected chi connectivity index (χ1v) is 10.7. The lowest BCUT2D eigenvalue weighted by atomic mass is 10.0. The fourth-order valence-corrected chi connectivity index (χ4v) is 3.87. The third-order valence-corrected chi connectivity index (χ3v) is 5.60. The van der Waals surface area contributed by atoms with Crippen molar-refractivity contribution in [3.05, 3.63) is 94.4 Å². The van der Waals surface area contributed by atoms with E-state index in [2.05, 4.69) is 6.07 Å². The summed E-state index contributed by atoms with van der Waals surface area (Å²) in [6.45, 7) is 2.59. The highest BCUT2D eigenvalue weighted by Gasteiger charge is 2.15. The Hall–Kier alpha value is -3.82. The van der Waals surface area contributed by atoms with Crippen molar-refractivity contribution >= 4 is 17.3 Å². The minimum Gasteiger partial charge on any atom is -0.487 e. The molecule has 0 fully saturated rings. The maximum atomic E-state index is 11.9. The molecule has 0 aliphatic carbocycles. The van der Waals surface area contributed by atoms with Gasteiger partial charge in [0.1, 0.15) is 18.4 Å². The second-order valence-electron chi connectivity index (χ2n) is 6.74. The Morgan fingerprint density at radius 3 is 2.55 bits per heavy atom. The van der Waals surface area contributed by atoms with Gasteiger partial charge in [0.05, 0.1) is 17.7 Å². The molecule has 31 heavy (non-hydrogen) atoms. The first-order valence-electron chi connectivity index (χ1n) is 9.84. The van der Waals surface area contributed by atoms with E-state index < -0.39 is 0 Å². The number of nitrogens with zero attached hydrogens (tertiary/aromatic N) is 2. The molecule has 2 heterocycles. The monoisotopic (exact) mass is 428 g/mol. The number of rotatable bonds is 7. The second-order valence-corrected chi connectivity index (χ2v) is 7.77. The zero-order valence-electron chi connectivity index (χ0n) is 16.9. The van der Waals surface area contributed by atoms with Crippen LogP contribution in [0.15, 0.2) is 78.4 Å². The molecular weight excluding hydrogens is 408 g/mol. The number of benzene rings is 2.